The van der Waals surface area contributed by atoms with Crippen molar-refractivity contribution in [3.8, 4) is 62.9 Å². The zero-order chi connectivity index (χ0) is 83.7. The number of hydrogen-bond donors (Lipinski definition) is 14. The molecule has 626 valence electrons. The zero-order valence-corrected chi connectivity index (χ0v) is 67.0. The van der Waals surface area contributed by atoms with Gasteiger partial charge in [-0.05, 0) is 194 Å². The first kappa shape index (κ1) is 85.4. The van der Waals surface area contributed by atoms with Gasteiger partial charge in [-0.3, -0.25) is 38.4 Å². The number of phenolic OH excluding ortho intramolecular Hbond substituents is 3. The summed E-state index contributed by atoms with van der Waals surface area (Å²) >= 11 is 14.3. The van der Waals surface area contributed by atoms with Crippen LogP contribution in [0.25, 0.3) is 11.1 Å². The molecular weight excluding hydrogens is 1580 g/mol. The second-order valence-electron chi connectivity index (χ2n) is 32.4. The summed E-state index contributed by atoms with van der Waals surface area (Å²) in [7, 11) is -4.84. The van der Waals surface area contributed by atoms with Crippen LogP contribution >= 0.6 is 23.2 Å². The number of aliphatic hydroxyl groups is 6. The third-order valence-corrected chi connectivity index (χ3v) is 25.8. The molecule has 6 aromatic rings. The van der Waals surface area contributed by atoms with E-state index in [4.69, 9.17) is 46.9 Å². The second-order valence-corrected chi connectivity index (χ2v) is 34.9. The van der Waals surface area contributed by atoms with Gasteiger partial charge in [0.2, 0.25) is 41.6 Å². The Balaban J connectivity index is 0.989. The SMILES string of the molecule is CCCCCCOc1ccc(S(=O)(=O)NC(=O)C[C@@H]2CC(=O)[C@H](NC(=O)[C@H](CC)CC(C)C)[C@H](O)c3ccc(c(Cl)c3)Oc3cc4cc(c3O[C@@H]3O[C@H](CO)[C@@H](O)[C@H](O)[C@H]3O)Oc3ccc(cc3Cl)[C@@H](O)[C@@H]3NC(=O)[C@H](CC(=O)[C@@H]4NC2=O)c2ccc(O)c(c2)-c2c(O)cc(O)cc2[C@@H](C(=O)CC2C4CC5CC(C4)CC2C5)NC3=O)cc1. The summed E-state index contributed by atoms with van der Waals surface area (Å²) in [6, 6.07) is 11.8. The van der Waals surface area contributed by atoms with Crippen molar-refractivity contribution in [1.82, 2.24) is 26.0 Å². The highest BCUT2D eigenvalue weighted by Gasteiger charge is 2.51. The first-order valence-electron chi connectivity index (χ1n) is 39.7. The number of halogens is 2. The number of fused-ring (bicyclic) bond motifs is 15. The Morgan fingerprint density at radius 3 is 1.90 bits per heavy atom. The van der Waals surface area contributed by atoms with Crippen molar-refractivity contribution in [2.24, 2.45) is 47.3 Å². The summed E-state index contributed by atoms with van der Waals surface area (Å²) in [6.45, 7) is 6.88. The van der Waals surface area contributed by atoms with Crippen LogP contribution in [0.1, 0.15) is 182 Å². The highest BCUT2D eigenvalue weighted by atomic mass is 35.5. The number of sulfonamides is 1. The van der Waals surface area contributed by atoms with Crippen molar-refractivity contribution in [3.63, 3.8) is 0 Å². The fourth-order valence-corrected chi connectivity index (χ4v) is 19.4. The number of aliphatic hydroxyl groups excluding tert-OH is 6. The molecule has 10 aliphatic rings. The standard InChI is InChI=1S/C85H97Cl2N5O24S/c1-5-7-8-9-20-112-51-13-15-52(16-14-51)117(110,111)92-69(100)33-49-30-61(97)73(90-81(106)42(6-2)21-39(3)4)75(101)44-11-18-64(57(86)28-44)113-66-31-48-32-67(80(66)116-85-79(105)78(104)77(103)68(38-93)115-85)114-65-19-12-45(29-58(65)87)76(102)74-84(109)89-72(63(99)36-53-46-23-40-22-41(25-46)26-47(53)24-40)56-34-50(94)35-60(96)70(56)55-27-43(10-17-59(55)95)54(83(108)91-74)37-62(98)71(48)88-82(49)107/h10-19,27-29,31-32,34-35,39-42,46-47,49,53-54,68,71-79,85,93-96,101-105H,5-9,20-26,30,33,36-38H2,1-4H3,(H,88,107)(H,89,109)(H,90,106)(H,91,108)(H,92,100)/t40?,41?,42-,46?,47?,49+,53?,54-,68-,71-,72+,73+,74+,75-,76-,77-,78+,79-,85+/m1/s1. The predicted molar refractivity (Wildman–Crippen MR) is 421 cm³/mol. The molecule has 32 heteroatoms. The molecule has 6 heterocycles. The van der Waals surface area contributed by atoms with Gasteiger partial charge in [0.1, 0.15) is 95.3 Å². The fourth-order valence-electron chi connectivity index (χ4n) is 17.9. The number of benzene rings is 6. The molecule has 14 N–H and O–H groups in total. The van der Waals surface area contributed by atoms with Crippen molar-refractivity contribution in [3.05, 3.63) is 141 Å². The van der Waals surface area contributed by atoms with Crippen LogP contribution in [0.5, 0.6) is 51.7 Å². The Morgan fingerprint density at radius 1 is 0.641 bits per heavy atom. The number of amides is 5. The molecule has 14 atom stereocenters. The average molecular weight is 1680 g/mol. The lowest BCUT2D eigenvalue weighted by molar-refractivity contribution is -0.277. The Labute approximate surface area is 685 Å². The highest BCUT2D eigenvalue weighted by molar-refractivity contribution is 7.90. The summed E-state index contributed by atoms with van der Waals surface area (Å²) in [4.78, 5) is 124. The molecule has 117 heavy (non-hydrogen) atoms. The number of aromatic hydroxyl groups is 3. The number of unbranched alkanes of at least 4 members (excludes halogenated alkanes) is 3. The number of Topliss-reactive ketones (excluding diaryl/α,β-unsaturated/α-hetero) is 3. The van der Waals surface area contributed by atoms with E-state index < -0.39 is 213 Å². The van der Waals surface area contributed by atoms with E-state index in [1.54, 1.807) is 6.92 Å². The fraction of sp³-hybridized carbons (Fsp3) is 0.482. The molecule has 4 saturated carbocycles. The summed E-state index contributed by atoms with van der Waals surface area (Å²) in [6.07, 6.45) is -8.78. The first-order valence-corrected chi connectivity index (χ1v) is 42.0. The number of ether oxygens (including phenoxy) is 5. The van der Waals surface area contributed by atoms with E-state index >= 15 is 28.8 Å². The summed E-state index contributed by atoms with van der Waals surface area (Å²) in [5.41, 5.74) is -1.75. The number of carbonyl (C=O) groups excluding carboxylic acids is 8. The van der Waals surface area contributed by atoms with Crippen LogP contribution in [0.15, 0.2) is 108 Å². The van der Waals surface area contributed by atoms with Crippen LogP contribution in [-0.2, 0) is 53.1 Å². The monoisotopic (exact) mass is 1670 g/mol. The van der Waals surface area contributed by atoms with Gasteiger partial charge in [0.05, 0.1) is 40.0 Å². The molecule has 6 aliphatic heterocycles. The summed E-state index contributed by atoms with van der Waals surface area (Å²) < 4.78 is 61.8. The van der Waals surface area contributed by atoms with E-state index in [-0.39, 0.29) is 91.4 Å². The largest absolute Gasteiger partial charge is 0.508 e. The highest BCUT2D eigenvalue weighted by Crippen LogP contribution is 2.58. The van der Waals surface area contributed by atoms with Crippen molar-refractivity contribution < 1.29 is 116 Å². The van der Waals surface area contributed by atoms with Crippen molar-refractivity contribution in [2.45, 2.75) is 202 Å². The van der Waals surface area contributed by atoms with Crippen molar-refractivity contribution in [1.29, 1.82) is 0 Å². The number of nitrogens with one attached hydrogen (secondary N) is 5. The number of ketones is 3. The molecule has 0 spiro atoms. The van der Waals surface area contributed by atoms with Crippen LogP contribution < -0.4 is 44.9 Å². The maximum Gasteiger partial charge on any atom is 0.264 e. The maximum atomic E-state index is 16.6. The zero-order valence-electron chi connectivity index (χ0n) is 64.7. The summed E-state index contributed by atoms with van der Waals surface area (Å²) in [5, 5.41) is 115. The Morgan fingerprint density at radius 2 is 1.28 bits per heavy atom. The molecule has 29 nitrogen and oxygen atoms in total. The maximum absolute atomic E-state index is 16.6. The minimum absolute atomic E-state index is 0.0607. The molecule has 4 aliphatic carbocycles. The molecule has 1 saturated heterocycles. The first-order chi connectivity index (χ1) is 55.8. The van der Waals surface area contributed by atoms with Gasteiger partial charge in [0.25, 0.3) is 10.0 Å². The average Bonchev–Trinajstić information content (AvgIpc) is 0.756. The summed E-state index contributed by atoms with van der Waals surface area (Å²) in [5.74, 6) is -16.6. The Hall–Kier alpha value is -9.47. The van der Waals surface area contributed by atoms with Crippen molar-refractivity contribution >= 4 is 80.1 Å². The second kappa shape index (κ2) is 36.0. The van der Waals surface area contributed by atoms with E-state index in [1.807, 2.05) is 18.6 Å². The van der Waals surface area contributed by atoms with Crippen LogP contribution in [0, 0.1) is 47.3 Å². The molecule has 5 amide bonds. The van der Waals surface area contributed by atoms with Gasteiger partial charge in [-0.15, -0.1) is 0 Å². The molecule has 0 aromatic heterocycles. The van der Waals surface area contributed by atoms with Gasteiger partial charge in [0.15, 0.2) is 28.8 Å². The molecule has 15 bridgehead atoms. The minimum Gasteiger partial charge on any atom is -0.508 e. The quantitative estimate of drug-likeness (QED) is 0.0298. The number of hydrogen-bond acceptors (Lipinski definition) is 24. The van der Waals surface area contributed by atoms with E-state index in [0.717, 1.165) is 100 Å². The Kier molecular flexibility index (Phi) is 26.3. The number of phenols is 3. The molecule has 0 radical (unpaired) electrons. The molecule has 6 aromatic carbocycles. The van der Waals surface area contributed by atoms with Gasteiger partial charge >= 0.3 is 0 Å². The van der Waals surface area contributed by atoms with Crippen LogP contribution in [0.2, 0.25) is 10.0 Å². The lowest BCUT2D eigenvalue weighted by atomic mass is 9.51. The molecule has 0 unspecified atom stereocenters. The van der Waals surface area contributed by atoms with Crippen LogP contribution in [0.3, 0.4) is 0 Å². The number of carbonyl (C=O) groups is 8. The van der Waals surface area contributed by atoms with Gasteiger partial charge in [0, 0.05) is 48.8 Å². The van der Waals surface area contributed by atoms with E-state index in [9.17, 15) is 64.0 Å². The van der Waals surface area contributed by atoms with Gasteiger partial charge in [-0.1, -0.05) is 88.4 Å². The van der Waals surface area contributed by atoms with E-state index in [2.05, 4.69) is 28.2 Å². The topological polar surface area (TPSA) is 459 Å². The predicted octanol–water partition coefficient (Wildman–Crippen LogP) is 9.21. The lowest BCUT2D eigenvalue weighted by Gasteiger charge is -2.54. The molecule has 5 fully saturated rings. The van der Waals surface area contributed by atoms with E-state index in [1.165, 1.54) is 60.7 Å². The van der Waals surface area contributed by atoms with Crippen molar-refractivity contribution in [2.75, 3.05) is 13.2 Å². The molecule has 16 rings (SSSR count). The van der Waals surface area contributed by atoms with Crippen LogP contribution in [-0.4, -0.2) is 157 Å². The number of rotatable bonds is 21. The van der Waals surface area contributed by atoms with E-state index in [0.29, 0.717) is 30.6 Å². The third kappa shape index (κ3) is 18.7. The van der Waals surface area contributed by atoms with Gasteiger partial charge < -0.3 is 90.9 Å². The van der Waals surface area contributed by atoms with Gasteiger partial charge in [-0.2, -0.15) is 0 Å². The Bertz CT molecular complexity index is 4880. The minimum atomic E-state index is -4.84. The normalized spacial score (nSPS) is 28.0. The third-order valence-electron chi connectivity index (χ3n) is 23.8. The lowest BCUT2D eigenvalue weighted by Crippen LogP contribution is -2.60. The molecular formula is C85H97Cl2N5O24S. The van der Waals surface area contributed by atoms with Crippen LogP contribution in [0.4, 0.5) is 0 Å². The smallest absolute Gasteiger partial charge is 0.264 e. The van der Waals surface area contributed by atoms with Gasteiger partial charge in [-0.25, -0.2) is 13.1 Å².